The first-order valence-electron chi connectivity index (χ1n) is 7.71. The number of benzene rings is 2. The van der Waals surface area contributed by atoms with E-state index in [4.69, 9.17) is 0 Å². The molecule has 22 heavy (non-hydrogen) atoms. The molecule has 0 saturated carbocycles. The van der Waals surface area contributed by atoms with Crippen LogP contribution in [0.15, 0.2) is 48.5 Å². The van der Waals surface area contributed by atoms with Crippen LogP contribution in [0.4, 0.5) is 5.69 Å². The van der Waals surface area contributed by atoms with Crippen LogP contribution in [0.1, 0.15) is 23.6 Å². The van der Waals surface area contributed by atoms with Crippen LogP contribution >= 0.6 is 0 Å². The zero-order valence-electron chi connectivity index (χ0n) is 13.6. The molecule has 0 radical (unpaired) electrons. The Morgan fingerprint density at radius 2 is 1.68 bits per heavy atom. The van der Waals surface area contributed by atoms with Gasteiger partial charge in [-0.2, -0.15) is 0 Å². The third-order valence-electron chi connectivity index (χ3n) is 3.79. The number of nitrogens with one attached hydrogen (secondary N) is 1. The summed E-state index contributed by atoms with van der Waals surface area (Å²) in [6.45, 7) is 5.35. The average Bonchev–Trinajstić information content (AvgIpc) is 2.50. The van der Waals surface area contributed by atoms with Gasteiger partial charge in [0.15, 0.2) is 0 Å². The standard InChI is InChI=1S/C19H24N2O/c1-4-16-10-7-8-12-18(16)20-19(22)14-21(3)13-17-11-6-5-9-15(17)2/h5-12H,4,13-14H2,1-3H3,(H,20,22). The van der Waals surface area contributed by atoms with Gasteiger partial charge in [0.05, 0.1) is 6.54 Å². The van der Waals surface area contributed by atoms with Gasteiger partial charge in [0.2, 0.25) is 5.91 Å². The van der Waals surface area contributed by atoms with Crippen molar-refractivity contribution in [1.29, 1.82) is 0 Å². The highest BCUT2D eigenvalue weighted by atomic mass is 16.2. The number of hydrogen-bond donors (Lipinski definition) is 1. The molecule has 2 rings (SSSR count). The second-order valence-electron chi connectivity index (χ2n) is 5.66. The van der Waals surface area contributed by atoms with Crippen molar-refractivity contribution >= 4 is 11.6 Å². The number of para-hydroxylation sites is 1. The van der Waals surface area contributed by atoms with Gasteiger partial charge in [-0.25, -0.2) is 0 Å². The fourth-order valence-corrected chi connectivity index (χ4v) is 2.52. The van der Waals surface area contributed by atoms with Crippen molar-refractivity contribution in [2.45, 2.75) is 26.8 Å². The van der Waals surface area contributed by atoms with Gasteiger partial charge in [-0.3, -0.25) is 9.69 Å². The molecule has 0 unspecified atom stereocenters. The van der Waals surface area contributed by atoms with Gasteiger partial charge in [-0.15, -0.1) is 0 Å². The molecule has 0 aliphatic heterocycles. The minimum absolute atomic E-state index is 0.0250. The van der Waals surface area contributed by atoms with Crippen molar-refractivity contribution in [3.05, 3.63) is 65.2 Å². The lowest BCUT2D eigenvalue weighted by Crippen LogP contribution is -2.30. The molecular weight excluding hydrogens is 272 g/mol. The molecule has 2 aromatic carbocycles. The maximum atomic E-state index is 12.2. The lowest BCUT2D eigenvalue weighted by molar-refractivity contribution is -0.117. The number of carbonyl (C=O) groups excluding carboxylic acids is 1. The number of hydrogen-bond acceptors (Lipinski definition) is 2. The maximum absolute atomic E-state index is 12.2. The van der Waals surface area contributed by atoms with Gasteiger partial charge >= 0.3 is 0 Å². The Balaban J connectivity index is 1.93. The van der Waals surface area contributed by atoms with Gasteiger partial charge in [0.1, 0.15) is 0 Å². The van der Waals surface area contributed by atoms with E-state index in [0.29, 0.717) is 6.54 Å². The molecule has 0 aromatic heterocycles. The van der Waals surface area contributed by atoms with Crippen molar-refractivity contribution in [1.82, 2.24) is 4.90 Å². The monoisotopic (exact) mass is 296 g/mol. The van der Waals surface area contributed by atoms with Gasteiger partial charge in [-0.05, 0) is 43.1 Å². The maximum Gasteiger partial charge on any atom is 0.238 e. The molecule has 116 valence electrons. The normalized spacial score (nSPS) is 10.7. The third-order valence-corrected chi connectivity index (χ3v) is 3.79. The van der Waals surface area contributed by atoms with Crippen LogP contribution in [0.25, 0.3) is 0 Å². The number of rotatable bonds is 6. The highest BCUT2D eigenvalue weighted by Gasteiger charge is 2.10. The number of likely N-dealkylation sites (N-methyl/N-ethyl adjacent to an activating group) is 1. The first-order valence-corrected chi connectivity index (χ1v) is 7.71. The summed E-state index contributed by atoms with van der Waals surface area (Å²) in [4.78, 5) is 14.2. The molecule has 0 aliphatic carbocycles. The Morgan fingerprint density at radius 1 is 1.05 bits per heavy atom. The first-order chi connectivity index (χ1) is 10.6. The number of amides is 1. The summed E-state index contributed by atoms with van der Waals surface area (Å²) in [6.07, 6.45) is 0.912. The Hall–Kier alpha value is -2.13. The van der Waals surface area contributed by atoms with E-state index in [1.54, 1.807) is 0 Å². The summed E-state index contributed by atoms with van der Waals surface area (Å²) in [7, 11) is 1.97. The number of carbonyl (C=O) groups is 1. The average molecular weight is 296 g/mol. The van der Waals surface area contributed by atoms with Crippen LogP contribution < -0.4 is 5.32 Å². The summed E-state index contributed by atoms with van der Waals surface area (Å²) in [5, 5.41) is 3.01. The van der Waals surface area contributed by atoms with Crippen LogP contribution in [-0.4, -0.2) is 24.4 Å². The summed E-state index contributed by atoms with van der Waals surface area (Å²) in [5.41, 5.74) is 4.59. The summed E-state index contributed by atoms with van der Waals surface area (Å²) >= 11 is 0. The molecule has 3 heteroatoms. The van der Waals surface area contributed by atoms with E-state index in [1.807, 2.05) is 48.3 Å². The Kier molecular flexibility index (Phi) is 5.73. The van der Waals surface area contributed by atoms with Crippen molar-refractivity contribution in [3.63, 3.8) is 0 Å². The van der Waals surface area contributed by atoms with Crippen molar-refractivity contribution in [3.8, 4) is 0 Å². The van der Waals surface area contributed by atoms with Crippen LogP contribution in [0.5, 0.6) is 0 Å². The summed E-state index contributed by atoms with van der Waals surface area (Å²) in [6, 6.07) is 16.2. The third kappa shape index (κ3) is 4.43. The molecule has 0 aliphatic rings. The van der Waals surface area contributed by atoms with Crippen LogP contribution in [-0.2, 0) is 17.8 Å². The van der Waals surface area contributed by atoms with E-state index in [0.717, 1.165) is 24.2 Å². The largest absolute Gasteiger partial charge is 0.325 e. The predicted molar refractivity (Wildman–Crippen MR) is 92.0 cm³/mol. The van der Waals surface area contributed by atoms with E-state index in [1.165, 1.54) is 11.1 Å². The lowest BCUT2D eigenvalue weighted by atomic mass is 10.1. The minimum atomic E-state index is 0.0250. The molecule has 0 saturated heterocycles. The predicted octanol–water partition coefficient (Wildman–Crippen LogP) is 3.63. The Morgan fingerprint density at radius 3 is 2.36 bits per heavy atom. The first kappa shape index (κ1) is 16.2. The highest BCUT2D eigenvalue weighted by molar-refractivity contribution is 5.92. The van der Waals surface area contributed by atoms with E-state index >= 15 is 0 Å². The van der Waals surface area contributed by atoms with Crippen LogP contribution in [0, 0.1) is 6.92 Å². The molecule has 0 fully saturated rings. The van der Waals surface area contributed by atoms with Gasteiger partial charge < -0.3 is 5.32 Å². The molecule has 0 bridgehead atoms. The quantitative estimate of drug-likeness (QED) is 0.883. The second kappa shape index (κ2) is 7.76. The minimum Gasteiger partial charge on any atom is -0.325 e. The van der Waals surface area contributed by atoms with E-state index < -0.39 is 0 Å². The fourth-order valence-electron chi connectivity index (χ4n) is 2.52. The number of anilines is 1. The molecule has 0 heterocycles. The zero-order valence-corrected chi connectivity index (χ0v) is 13.6. The molecule has 3 nitrogen and oxygen atoms in total. The summed E-state index contributed by atoms with van der Waals surface area (Å²) < 4.78 is 0. The summed E-state index contributed by atoms with van der Waals surface area (Å²) in [5.74, 6) is 0.0250. The number of aryl methyl sites for hydroxylation is 2. The van der Waals surface area contributed by atoms with Crippen LogP contribution in [0.2, 0.25) is 0 Å². The second-order valence-corrected chi connectivity index (χ2v) is 5.66. The van der Waals surface area contributed by atoms with Gasteiger partial charge in [0, 0.05) is 12.2 Å². The number of nitrogens with zero attached hydrogens (tertiary/aromatic N) is 1. The van der Waals surface area contributed by atoms with Crippen LogP contribution in [0.3, 0.4) is 0 Å². The Bertz CT molecular complexity index is 637. The highest BCUT2D eigenvalue weighted by Crippen LogP contribution is 2.15. The fraction of sp³-hybridized carbons (Fsp3) is 0.316. The topological polar surface area (TPSA) is 32.3 Å². The molecule has 1 amide bonds. The van der Waals surface area contributed by atoms with Gasteiger partial charge in [0.25, 0.3) is 0 Å². The molecule has 0 atom stereocenters. The smallest absolute Gasteiger partial charge is 0.238 e. The van der Waals surface area contributed by atoms with Crippen molar-refractivity contribution in [2.24, 2.45) is 0 Å². The molecular formula is C19H24N2O. The van der Waals surface area contributed by atoms with Crippen molar-refractivity contribution < 1.29 is 4.79 Å². The molecule has 2 aromatic rings. The molecule has 1 N–H and O–H groups in total. The molecule has 0 spiro atoms. The zero-order chi connectivity index (χ0) is 15.9. The van der Waals surface area contributed by atoms with Crippen molar-refractivity contribution in [2.75, 3.05) is 18.9 Å². The van der Waals surface area contributed by atoms with E-state index in [2.05, 4.69) is 31.3 Å². The SMILES string of the molecule is CCc1ccccc1NC(=O)CN(C)Cc1ccccc1C. The van der Waals surface area contributed by atoms with Gasteiger partial charge in [-0.1, -0.05) is 49.4 Å². The van der Waals surface area contributed by atoms with E-state index in [-0.39, 0.29) is 5.91 Å². The lowest BCUT2D eigenvalue weighted by Gasteiger charge is -2.18. The van der Waals surface area contributed by atoms with E-state index in [9.17, 15) is 4.79 Å². The Labute approximate surface area is 133 Å².